The second-order valence-corrected chi connectivity index (χ2v) is 6.72. The van der Waals surface area contributed by atoms with Crippen molar-refractivity contribution < 1.29 is 13.9 Å². The fourth-order valence-electron chi connectivity index (χ4n) is 2.37. The number of halogens is 1. The molecule has 1 unspecified atom stereocenters. The molecule has 0 saturated carbocycles. The molecular weight excluding hydrogens is 309 g/mol. The first kappa shape index (κ1) is 14.4. The SMILES string of the molecule is COc1cccc(F)c1C1SCC(=O)N1Cc1cccs1. The standard InChI is InChI=1S/C15H14FNO2S2/c1-19-12-6-2-5-11(16)14(12)15-17(13(18)9-21-15)8-10-4-3-7-20-10/h2-7,15H,8-9H2,1H3. The van der Waals surface area contributed by atoms with Gasteiger partial charge in [0, 0.05) is 4.88 Å². The largest absolute Gasteiger partial charge is 0.496 e. The zero-order valence-corrected chi connectivity index (χ0v) is 13.0. The predicted molar refractivity (Wildman–Crippen MR) is 83.0 cm³/mol. The van der Waals surface area contributed by atoms with Crippen LogP contribution in [0.15, 0.2) is 35.7 Å². The number of amides is 1. The number of ether oxygens (including phenoxy) is 1. The van der Waals surface area contributed by atoms with Gasteiger partial charge in [0.15, 0.2) is 0 Å². The molecule has 1 aromatic heterocycles. The van der Waals surface area contributed by atoms with E-state index in [2.05, 4.69) is 0 Å². The molecule has 0 N–H and O–H groups in total. The van der Waals surface area contributed by atoms with Gasteiger partial charge in [-0.1, -0.05) is 12.1 Å². The fourth-order valence-corrected chi connectivity index (χ4v) is 4.31. The summed E-state index contributed by atoms with van der Waals surface area (Å²) in [6.45, 7) is 0.506. The average Bonchev–Trinajstić information content (AvgIpc) is 3.11. The topological polar surface area (TPSA) is 29.5 Å². The Morgan fingerprint density at radius 1 is 1.38 bits per heavy atom. The number of carbonyl (C=O) groups excluding carboxylic acids is 1. The highest BCUT2D eigenvalue weighted by Gasteiger charge is 2.36. The van der Waals surface area contributed by atoms with Gasteiger partial charge >= 0.3 is 0 Å². The number of hydrogen-bond donors (Lipinski definition) is 0. The van der Waals surface area contributed by atoms with Gasteiger partial charge in [0.05, 0.1) is 25.0 Å². The van der Waals surface area contributed by atoms with Crippen molar-refractivity contribution in [3.05, 3.63) is 52.0 Å². The van der Waals surface area contributed by atoms with E-state index < -0.39 is 0 Å². The maximum absolute atomic E-state index is 14.2. The Kier molecular flexibility index (Phi) is 4.17. The van der Waals surface area contributed by atoms with Crippen molar-refractivity contribution in [3.63, 3.8) is 0 Å². The van der Waals surface area contributed by atoms with E-state index in [9.17, 15) is 9.18 Å². The Bertz CT molecular complexity index is 645. The Morgan fingerprint density at radius 3 is 2.95 bits per heavy atom. The molecule has 0 aliphatic carbocycles. The van der Waals surface area contributed by atoms with Crippen LogP contribution in [0.5, 0.6) is 5.75 Å². The second kappa shape index (κ2) is 6.07. The van der Waals surface area contributed by atoms with Crippen LogP contribution >= 0.6 is 23.1 Å². The highest BCUT2D eigenvalue weighted by atomic mass is 32.2. The minimum atomic E-state index is -0.337. The Morgan fingerprint density at radius 2 is 2.24 bits per heavy atom. The molecule has 21 heavy (non-hydrogen) atoms. The lowest BCUT2D eigenvalue weighted by molar-refractivity contribution is -0.128. The molecule has 1 aliphatic heterocycles. The molecule has 0 bridgehead atoms. The monoisotopic (exact) mass is 323 g/mol. The second-order valence-electron chi connectivity index (χ2n) is 4.62. The van der Waals surface area contributed by atoms with Gasteiger partial charge in [-0.2, -0.15) is 0 Å². The molecule has 1 fully saturated rings. The third-order valence-corrected chi connectivity index (χ3v) is 5.43. The van der Waals surface area contributed by atoms with Crippen molar-refractivity contribution in [2.45, 2.75) is 11.9 Å². The van der Waals surface area contributed by atoms with E-state index in [1.165, 1.54) is 24.9 Å². The summed E-state index contributed by atoms with van der Waals surface area (Å²) >= 11 is 3.03. The lowest BCUT2D eigenvalue weighted by Crippen LogP contribution is -2.28. The van der Waals surface area contributed by atoms with Crippen molar-refractivity contribution >= 4 is 29.0 Å². The van der Waals surface area contributed by atoms with Crippen LogP contribution in [0.2, 0.25) is 0 Å². The first-order valence-corrected chi connectivity index (χ1v) is 8.39. The highest BCUT2D eigenvalue weighted by Crippen LogP contribution is 2.44. The quantitative estimate of drug-likeness (QED) is 0.860. The zero-order valence-electron chi connectivity index (χ0n) is 11.4. The van der Waals surface area contributed by atoms with E-state index >= 15 is 0 Å². The fraction of sp³-hybridized carbons (Fsp3) is 0.267. The Labute approximate surface area is 130 Å². The van der Waals surface area contributed by atoms with Crippen LogP contribution in [-0.4, -0.2) is 23.7 Å². The molecule has 0 spiro atoms. The van der Waals surface area contributed by atoms with Gasteiger partial charge in [0.2, 0.25) is 5.91 Å². The smallest absolute Gasteiger partial charge is 0.234 e. The van der Waals surface area contributed by atoms with E-state index in [0.29, 0.717) is 23.6 Å². The summed E-state index contributed by atoms with van der Waals surface area (Å²) in [5.74, 6) is 0.549. The third-order valence-electron chi connectivity index (χ3n) is 3.35. The van der Waals surface area contributed by atoms with Crippen LogP contribution in [0.1, 0.15) is 15.8 Å². The van der Waals surface area contributed by atoms with Gasteiger partial charge in [-0.3, -0.25) is 4.79 Å². The molecule has 0 radical (unpaired) electrons. The van der Waals surface area contributed by atoms with E-state index in [0.717, 1.165) is 4.88 Å². The number of carbonyl (C=O) groups is 1. The molecule has 2 aromatic rings. The van der Waals surface area contributed by atoms with Crippen LogP contribution in [0.4, 0.5) is 4.39 Å². The van der Waals surface area contributed by atoms with Crippen molar-refractivity contribution in [3.8, 4) is 5.75 Å². The maximum Gasteiger partial charge on any atom is 0.234 e. The molecule has 3 rings (SSSR count). The van der Waals surface area contributed by atoms with Gasteiger partial charge in [0.1, 0.15) is 16.9 Å². The predicted octanol–water partition coefficient (Wildman–Crippen LogP) is 3.67. The number of benzene rings is 1. The van der Waals surface area contributed by atoms with Gasteiger partial charge in [-0.25, -0.2) is 4.39 Å². The van der Waals surface area contributed by atoms with Gasteiger partial charge in [0.25, 0.3) is 0 Å². The minimum Gasteiger partial charge on any atom is -0.496 e. The van der Waals surface area contributed by atoms with Crippen LogP contribution in [0.25, 0.3) is 0 Å². The summed E-state index contributed by atoms with van der Waals surface area (Å²) in [4.78, 5) is 15.0. The van der Waals surface area contributed by atoms with E-state index in [4.69, 9.17) is 4.74 Å². The third kappa shape index (κ3) is 2.78. The van der Waals surface area contributed by atoms with E-state index in [1.54, 1.807) is 28.4 Å². The van der Waals surface area contributed by atoms with E-state index in [-0.39, 0.29) is 17.1 Å². The van der Waals surface area contributed by atoms with Gasteiger partial charge < -0.3 is 9.64 Å². The number of methoxy groups -OCH3 is 1. The average molecular weight is 323 g/mol. The summed E-state index contributed by atoms with van der Waals surface area (Å²) in [6, 6.07) is 8.68. The molecule has 1 aliphatic rings. The van der Waals surface area contributed by atoms with Crippen LogP contribution in [0, 0.1) is 5.82 Å². The van der Waals surface area contributed by atoms with Crippen LogP contribution in [0.3, 0.4) is 0 Å². The summed E-state index contributed by atoms with van der Waals surface area (Å²) in [5.41, 5.74) is 0.451. The molecule has 110 valence electrons. The van der Waals surface area contributed by atoms with Crippen LogP contribution in [-0.2, 0) is 11.3 Å². The molecule has 1 saturated heterocycles. The Hall–Kier alpha value is -1.53. The summed E-state index contributed by atoms with van der Waals surface area (Å²) in [6.07, 6.45) is 0. The summed E-state index contributed by atoms with van der Waals surface area (Å²) < 4.78 is 19.5. The number of hydrogen-bond acceptors (Lipinski definition) is 4. The van der Waals surface area contributed by atoms with Crippen LogP contribution < -0.4 is 4.74 Å². The summed E-state index contributed by atoms with van der Waals surface area (Å²) in [5, 5.41) is 1.64. The molecule has 1 atom stereocenters. The summed E-state index contributed by atoms with van der Waals surface area (Å²) in [7, 11) is 1.52. The Balaban J connectivity index is 1.95. The molecule has 3 nitrogen and oxygen atoms in total. The zero-order chi connectivity index (χ0) is 14.8. The number of rotatable bonds is 4. The molecule has 2 heterocycles. The van der Waals surface area contributed by atoms with Gasteiger partial charge in [-0.15, -0.1) is 23.1 Å². The number of thiophene rings is 1. The molecule has 6 heteroatoms. The van der Waals surface area contributed by atoms with E-state index in [1.807, 2.05) is 17.5 Å². The lowest BCUT2D eigenvalue weighted by atomic mass is 10.1. The maximum atomic E-state index is 14.2. The lowest BCUT2D eigenvalue weighted by Gasteiger charge is -2.25. The number of thioether (sulfide) groups is 1. The van der Waals surface area contributed by atoms with Crippen molar-refractivity contribution in [2.75, 3.05) is 12.9 Å². The van der Waals surface area contributed by atoms with Crippen molar-refractivity contribution in [1.29, 1.82) is 0 Å². The highest BCUT2D eigenvalue weighted by molar-refractivity contribution is 8.00. The first-order chi connectivity index (χ1) is 10.2. The molecule has 1 amide bonds. The normalized spacial score (nSPS) is 18.3. The molecule has 1 aromatic carbocycles. The number of nitrogens with zero attached hydrogens (tertiary/aromatic N) is 1. The van der Waals surface area contributed by atoms with Crippen molar-refractivity contribution in [2.24, 2.45) is 0 Å². The first-order valence-electron chi connectivity index (χ1n) is 6.46. The minimum absolute atomic E-state index is 0.0312. The van der Waals surface area contributed by atoms with Gasteiger partial charge in [-0.05, 0) is 23.6 Å². The van der Waals surface area contributed by atoms with Crippen molar-refractivity contribution in [1.82, 2.24) is 4.90 Å². The molecular formula is C15H14FNO2S2.